The van der Waals surface area contributed by atoms with Crippen LogP contribution in [0.1, 0.15) is 29.2 Å². The number of hydrogen-bond donors (Lipinski definition) is 3. The molecule has 2 atom stereocenters. The lowest BCUT2D eigenvalue weighted by Gasteiger charge is -2.24. The molecule has 4 rings (SSSR count). The summed E-state index contributed by atoms with van der Waals surface area (Å²) in [5, 5.41) is 18.0. The molecule has 160 valence electrons. The Morgan fingerprint density at radius 3 is 2.84 bits per heavy atom. The molecular weight excluding hydrogens is 410 g/mol. The third kappa shape index (κ3) is 4.21. The van der Waals surface area contributed by atoms with Crippen molar-refractivity contribution in [2.75, 3.05) is 0 Å². The van der Waals surface area contributed by atoms with E-state index in [1.807, 2.05) is 6.07 Å². The maximum atomic E-state index is 13.4. The van der Waals surface area contributed by atoms with Crippen LogP contribution in [-0.2, 0) is 11.3 Å². The lowest BCUT2D eigenvalue weighted by atomic mass is 9.67. The number of rotatable bonds is 5. The van der Waals surface area contributed by atoms with Gasteiger partial charge < -0.3 is 20.1 Å². The molecule has 0 amide bonds. The fourth-order valence-electron chi connectivity index (χ4n) is 3.94. The minimum Gasteiger partial charge on any atom is -0.488 e. The van der Waals surface area contributed by atoms with Gasteiger partial charge in [0, 0.05) is 23.9 Å². The average molecular weight is 429 g/mol. The summed E-state index contributed by atoms with van der Waals surface area (Å²) in [7, 11) is -1.65. The van der Waals surface area contributed by atoms with Crippen molar-refractivity contribution >= 4 is 13.0 Å². The normalized spacial score (nSPS) is 20.7. The number of allylic oxidation sites excluding steroid dienone is 3. The standard InChI is InChI=1S/C21H19BF3N3O3/c23-21(24,25)16-5-1-4-15-18(16)22(29)31-19(15)13-6-7-14(20(26)27)17(9-13)30-11-12-3-2-8-28-10-12/h1-3,5-10,15,19,29H,4,11H2,(H3,26,27). The monoisotopic (exact) mass is 429 g/mol. The topological polar surface area (TPSA) is 101 Å². The number of benzene rings is 1. The van der Waals surface area contributed by atoms with E-state index < -0.39 is 30.9 Å². The van der Waals surface area contributed by atoms with Crippen molar-refractivity contribution in [2.45, 2.75) is 25.3 Å². The minimum atomic E-state index is -4.58. The van der Waals surface area contributed by atoms with Gasteiger partial charge in [0.1, 0.15) is 18.2 Å². The lowest BCUT2D eigenvalue weighted by Crippen LogP contribution is -2.24. The van der Waals surface area contributed by atoms with Crippen LogP contribution in [0.15, 0.2) is 65.9 Å². The fourth-order valence-corrected chi connectivity index (χ4v) is 3.94. The van der Waals surface area contributed by atoms with Crippen LogP contribution < -0.4 is 10.5 Å². The Hall–Kier alpha value is -3.11. The van der Waals surface area contributed by atoms with E-state index in [0.717, 1.165) is 11.6 Å². The van der Waals surface area contributed by atoms with Crippen molar-refractivity contribution in [1.82, 2.24) is 4.98 Å². The zero-order chi connectivity index (χ0) is 22.2. The second-order valence-corrected chi connectivity index (χ2v) is 7.34. The van der Waals surface area contributed by atoms with E-state index >= 15 is 0 Å². The molecule has 1 aromatic carbocycles. The molecule has 6 nitrogen and oxygen atoms in total. The van der Waals surface area contributed by atoms with E-state index in [4.69, 9.17) is 20.5 Å². The van der Waals surface area contributed by atoms with Gasteiger partial charge in [-0.05, 0) is 35.7 Å². The number of pyridine rings is 1. The Balaban J connectivity index is 1.66. The summed E-state index contributed by atoms with van der Waals surface area (Å²) >= 11 is 0. The Bertz CT molecular complexity index is 1060. The molecule has 2 aromatic rings. The van der Waals surface area contributed by atoms with Gasteiger partial charge in [0.2, 0.25) is 0 Å². The highest BCUT2D eigenvalue weighted by molar-refractivity contribution is 6.53. The summed E-state index contributed by atoms with van der Waals surface area (Å²) < 4.78 is 51.6. The maximum Gasteiger partial charge on any atom is 0.488 e. The predicted molar refractivity (Wildman–Crippen MR) is 108 cm³/mol. The highest BCUT2D eigenvalue weighted by Crippen LogP contribution is 2.48. The number of alkyl halides is 3. The Morgan fingerprint density at radius 2 is 2.16 bits per heavy atom. The number of amidine groups is 1. The molecular formula is C21H19BF3N3O3. The fraction of sp³-hybridized carbons (Fsp3) is 0.238. The quantitative estimate of drug-likeness (QED) is 0.384. The molecule has 1 saturated heterocycles. The average Bonchev–Trinajstić information content (AvgIpc) is 3.09. The number of nitrogens with zero attached hydrogens (tertiary/aromatic N) is 1. The van der Waals surface area contributed by atoms with E-state index in [1.54, 1.807) is 36.7 Å². The zero-order valence-corrected chi connectivity index (χ0v) is 16.3. The SMILES string of the molecule is N=C(N)c1ccc(C2OB(O)C3=C(C(F)(F)F)C=CCC32)cc1OCc1cccnc1. The Labute approximate surface area is 176 Å². The first-order valence-electron chi connectivity index (χ1n) is 9.57. The largest absolute Gasteiger partial charge is 0.488 e. The molecule has 0 radical (unpaired) electrons. The number of aromatic nitrogens is 1. The summed E-state index contributed by atoms with van der Waals surface area (Å²) in [4.78, 5) is 4.02. The molecule has 2 unspecified atom stereocenters. The molecule has 1 aliphatic carbocycles. The highest BCUT2D eigenvalue weighted by Gasteiger charge is 2.50. The van der Waals surface area contributed by atoms with Gasteiger partial charge in [-0.25, -0.2) is 0 Å². The first-order chi connectivity index (χ1) is 14.8. The lowest BCUT2D eigenvalue weighted by molar-refractivity contribution is -0.0893. The molecule has 0 saturated carbocycles. The minimum absolute atomic E-state index is 0.159. The molecule has 1 aromatic heterocycles. The zero-order valence-electron chi connectivity index (χ0n) is 16.3. The van der Waals surface area contributed by atoms with Crippen molar-refractivity contribution in [3.8, 4) is 5.75 Å². The third-order valence-corrected chi connectivity index (χ3v) is 5.34. The Morgan fingerprint density at radius 1 is 1.35 bits per heavy atom. The smallest absolute Gasteiger partial charge is 0.488 e. The molecule has 31 heavy (non-hydrogen) atoms. The van der Waals surface area contributed by atoms with Crippen LogP contribution >= 0.6 is 0 Å². The number of ether oxygens (including phenoxy) is 1. The van der Waals surface area contributed by atoms with Crippen molar-refractivity contribution in [3.05, 3.63) is 82.6 Å². The van der Waals surface area contributed by atoms with Crippen LogP contribution in [0.5, 0.6) is 5.75 Å². The van der Waals surface area contributed by atoms with E-state index in [9.17, 15) is 18.2 Å². The third-order valence-electron chi connectivity index (χ3n) is 5.34. The molecule has 1 aliphatic heterocycles. The number of hydrogen-bond acceptors (Lipinski definition) is 5. The van der Waals surface area contributed by atoms with E-state index in [0.29, 0.717) is 23.3 Å². The molecule has 2 heterocycles. The van der Waals surface area contributed by atoms with Gasteiger partial charge in [0.05, 0.1) is 17.2 Å². The van der Waals surface area contributed by atoms with Crippen LogP contribution in [0, 0.1) is 11.3 Å². The van der Waals surface area contributed by atoms with Gasteiger partial charge in [-0.1, -0.05) is 24.3 Å². The van der Waals surface area contributed by atoms with Gasteiger partial charge in [-0.3, -0.25) is 10.4 Å². The first-order valence-corrected chi connectivity index (χ1v) is 9.57. The summed E-state index contributed by atoms with van der Waals surface area (Å²) in [5.41, 5.74) is 6.31. The molecule has 10 heteroatoms. The number of nitrogen functional groups attached to an aromatic ring is 1. The maximum absolute atomic E-state index is 13.4. The summed E-state index contributed by atoms with van der Waals surface area (Å²) in [6.07, 6.45) is 0.619. The molecule has 0 bridgehead atoms. The van der Waals surface area contributed by atoms with Gasteiger partial charge in [-0.2, -0.15) is 13.2 Å². The van der Waals surface area contributed by atoms with Gasteiger partial charge in [0.15, 0.2) is 0 Å². The van der Waals surface area contributed by atoms with Crippen molar-refractivity contribution in [1.29, 1.82) is 5.41 Å². The van der Waals surface area contributed by atoms with Crippen LogP contribution in [0.25, 0.3) is 0 Å². The van der Waals surface area contributed by atoms with Crippen LogP contribution in [-0.4, -0.2) is 29.1 Å². The number of nitrogens with one attached hydrogen (secondary N) is 1. The molecule has 4 N–H and O–H groups in total. The second kappa shape index (κ2) is 8.20. The summed E-state index contributed by atoms with van der Waals surface area (Å²) in [6, 6.07) is 8.37. The van der Waals surface area contributed by atoms with E-state index in [2.05, 4.69) is 4.98 Å². The van der Waals surface area contributed by atoms with Crippen LogP contribution in [0.2, 0.25) is 0 Å². The molecule has 0 spiro atoms. The van der Waals surface area contributed by atoms with Crippen LogP contribution in [0.4, 0.5) is 13.2 Å². The highest BCUT2D eigenvalue weighted by atomic mass is 19.4. The summed E-state index contributed by atoms with van der Waals surface area (Å²) in [5.74, 6) is -0.571. The number of nitrogens with two attached hydrogens (primary N) is 1. The molecule has 2 aliphatic rings. The number of halogens is 3. The second-order valence-electron chi connectivity index (χ2n) is 7.34. The van der Waals surface area contributed by atoms with E-state index in [-0.39, 0.29) is 17.9 Å². The predicted octanol–water partition coefficient (Wildman–Crippen LogP) is 3.47. The van der Waals surface area contributed by atoms with Crippen molar-refractivity contribution in [2.24, 2.45) is 11.7 Å². The van der Waals surface area contributed by atoms with Crippen LogP contribution in [0.3, 0.4) is 0 Å². The van der Waals surface area contributed by atoms with Gasteiger partial charge >= 0.3 is 13.3 Å². The van der Waals surface area contributed by atoms with Gasteiger partial charge in [0.25, 0.3) is 0 Å². The summed E-state index contributed by atoms with van der Waals surface area (Å²) in [6.45, 7) is 0.168. The first kappa shape index (κ1) is 21.1. The van der Waals surface area contributed by atoms with Crippen molar-refractivity contribution < 1.29 is 27.6 Å². The number of fused-ring (bicyclic) bond motifs is 1. The van der Waals surface area contributed by atoms with Crippen molar-refractivity contribution in [3.63, 3.8) is 0 Å². The Kier molecular flexibility index (Phi) is 5.59. The van der Waals surface area contributed by atoms with Gasteiger partial charge in [-0.15, -0.1) is 0 Å². The van der Waals surface area contributed by atoms with E-state index in [1.165, 1.54) is 6.08 Å². The molecule has 1 fully saturated rings.